The van der Waals surface area contributed by atoms with E-state index in [2.05, 4.69) is 13.2 Å². The van der Waals surface area contributed by atoms with Gasteiger partial charge in [-0.3, -0.25) is 0 Å². The van der Waals surface area contributed by atoms with Crippen molar-refractivity contribution >= 4 is 18.6 Å². The summed E-state index contributed by atoms with van der Waals surface area (Å²) in [5.41, 5.74) is 1.06. The van der Waals surface area contributed by atoms with Gasteiger partial charge in [0.2, 0.25) is 0 Å². The Hall–Kier alpha value is -1.77. The van der Waals surface area contributed by atoms with Crippen molar-refractivity contribution in [1.29, 1.82) is 0 Å². The zero-order valence-electron chi connectivity index (χ0n) is 9.08. The number of aromatic nitrogens is 1. The lowest BCUT2D eigenvalue weighted by molar-refractivity contribution is 0.0695. The lowest BCUT2D eigenvalue weighted by Crippen LogP contribution is -2.29. The molecule has 0 aliphatic carbocycles. The zero-order valence-corrected chi connectivity index (χ0v) is 9.08. The molecule has 80 valence electrons. The maximum absolute atomic E-state index is 11.1. The van der Waals surface area contributed by atoms with Crippen LogP contribution in [0.3, 0.4) is 0 Å². The number of nitrogens with zero attached hydrogens (tertiary/aromatic N) is 1. The first-order valence-corrected chi connectivity index (χ1v) is 4.78. The summed E-state index contributed by atoms with van der Waals surface area (Å²) in [4.78, 5) is 11.1. The fourth-order valence-corrected chi connectivity index (χ4v) is 1.82. The van der Waals surface area contributed by atoms with Gasteiger partial charge in [0.25, 0.3) is 0 Å². The summed E-state index contributed by atoms with van der Waals surface area (Å²) in [6.45, 7) is 11.9. The Morgan fingerprint density at radius 2 is 2.20 bits per heavy atom. The van der Waals surface area contributed by atoms with E-state index in [0.717, 1.165) is 17.6 Å². The molecule has 0 aliphatic heterocycles. The largest absolute Gasteiger partial charge is 0.478 e. The van der Waals surface area contributed by atoms with Crippen LogP contribution in [0.4, 0.5) is 0 Å². The predicted molar refractivity (Wildman–Crippen MR) is 61.2 cm³/mol. The molecule has 0 aliphatic rings. The summed E-state index contributed by atoms with van der Waals surface area (Å²) in [6, 6.07) is 0. The summed E-state index contributed by atoms with van der Waals surface area (Å²) < 4.78 is 1.89. The molecule has 0 saturated carbocycles. The van der Waals surface area contributed by atoms with Crippen LogP contribution in [-0.2, 0) is 6.54 Å². The minimum atomic E-state index is -0.919. The molecule has 1 N–H and O–H groups in total. The second kappa shape index (κ2) is 4.17. The molecule has 1 aromatic heterocycles. The number of aromatic carboxylic acids is 1. The van der Waals surface area contributed by atoms with E-state index in [1.807, 2.05) is 11.5 Å². The predicted octanol–water partition coefficient (Wildman–Crippen LogP) is 0.891. The Morgan fingerprint density at radius 3 is 2.60 bits per heavy atom. The van der Waals surface area contributed by atoms with Crippen molar-refractivity contribution < 1.29 is 9.90 Å². The maximum atomic E-state index is 11.1. The van der Waals surface area contributed by atoms with E-state index in [9.17, 15) is 4.79 Å². The van der Waals surface area contributed by atoms with Crippen LogP contribution in [0.15, 0.2) is 12.7 Å². The normalized spacial score (nSPS) is 11.7. The highest BCUT2D eigenvalue weighted by atomic mass is 16.4. The zero-order chi connectivity index (χ0) is 11.6. The third-order valence-electron chi connectivity index (χ3n) is 2.49. The van der Waals surface area contributed by atoms with Gasteiger partial charge in [0.05, 0.1) is 5.56 Å². The molecule has 1 aromatic rings. The minimum absolute atomic E-state index is 0.321. The van der Waals surface area contributed by atoms with Gasteiger partial charge in [-0.05, 0) is 13.8 Å². The van der Waals surface area contributed by atoms with Crippen molar-refractivity contribution in [2.45, 2.75) is 20.4 Å². The van der Waals surface area contributed by atoms with Crippen molar-refractivity contribution in [3.05, 3.63) is 34.5 Å². The lowest BCUT2D eigenvalue weighted by Gasteiger charge is -2.01. The molecule has 1 rings (SSSR count). The average molecular weight is 205 g/mol. The molecule has 1 heterocycles. The highest BCUT2D eigenvalue weighted by Gasteiger charge is 2.14. The fraction of sp³-hybridized carbons (Fsp3) is 0.250. The molecular weight excluding hydrogens is 190 g/mol. The van der Waals surface area contributed by atoms with Gasteiger partial charge in [-0.1, -0.05) is 25.3 Å². The monoisotopic (exact) mass is 205 g/mol. The number of hydrogen-bond donors (Lipinski definition) is 1. The van der Waals surface area contributed by atoms with E-state index in [1.54, 1.807) is 19.1 Å². The standard InChI is InChI=1S/C12H15NO2/c1-5-7-10-8(3)13(6-2)9(4)11(10)12(14)15/h5,7H,1,3,6H2,2,4H3,(H,14,15). The Balaban J connectivity index is 3.78. The molecule has 0 amide bonds. The van der Waals surface area contributed by atoms with E-state index in [-0.39, 0.29) is 0 Å². The fourth-order valence-electron chi connectivity index (χ4n) is 1.82. The smallest absolute Gasteiger partial charge is 0.338 e. The van der Waals surface area contributed by atoms with Gasteiger partial charge >= 0.3 is 5.97 Å². The van der Waals surface area contributed by atoms with Gasteiger partial charge in [0.15, 0.2) is 0 Å². The first-order chi connectivity index (χ1) is 7.04. The molecule has 0 bridgehead atoms. The molecule has 0 atom stereocenters. The van der Waals surface area contributed by atoms with Crippen LogP contribution in [-0.4, -0.2) is 15.6 Å². The van der Waals surface area contributed by atoms with Gasteiger partial charge in [0.1, 0.15) is 0 Å². The Kier molecular flexibility index (Phi) is 3.14. The van der Waals surface area contributed by atoms with Crippen LogP contribution < -0.4 is 10.6 Å². The number of carboxylic acid groups (broad SMARTS) is 1. The Morgan fingerprint density at radius 1 is 1.60 bits per heavy atom. The van der Waals surface area contributed by atoms with Crippen LogP contribution in [0.2, 0.25) is 0 Å². The number of hydrogen-bond acceptors (Lipinski definition) is 1. The van der Waals surface area contributed by atoms with Crippen LogP contribution >= 0.6 is 0 Å². The SMILES string of the molecule is C=CC=c1c(C(=O)O)c(C)n(CC)c1=C. The first kappa shape index (κ1) is 11.3. The second-order valence-corrected chi connectivity index (χ2v) is 3.27. The summed E-state index contributed by atoms with van der Waals surface area (Å²) >= 11 is 0. The van der Waals surface area contributed by atoms with Crippen LogP contribution in [0, 0.1) is 6.92 Å². The highest BCUT2D eigenvalue weighted by Crippen LogP contribution is 2.01. The first-order valence-electron chi connectivity index (χ1n) is 4.78. The van der Waals surface area contributed by atoms with E-state index >= 15 is 0 Å². The molecule has 0 aromatic carbocycles. The summed E-state index contributed by atoms with van der Waals surface area (Å²) in [5, 5.41) is 10.5. The average Bonchev–Trinajstić information content (AvgIpc) is 2.39. The number of carbonyl (C=O) groups is 1. The van der Waals surface area contributed by atoms with Gasteiger partial charge in [-0.25, -0.2) is 4.79 Å². The van der Waals surface area contributed by atoms with Crippen molar-refractivity contribution in [2.24, 2.45) is 0 Å². The van der Waals surface area contributed by atoms with Gasteiger partial charge in [-0.15, -0.1) is 0 Å². The Bertz CT molecular complexity index is 509. The van der Waals surface area contributed by atoms with Crippen molar-refractivity contribution in [2.75, 3.05) is 0 Å². The van der Waals surface area contributed by atoms with Crippen LogP contribution in [0.25, 0.3) is 12.7 Å². The summed E-state index contributed by atoms with van der Waals surface area (Å²) in [5.74, 6) is -0.919. The molecular formula is C12H15NO2. The van der Waals surface area contributed by atoms with Crippen LogP contribution in [0.1, 0.15) is 23.0 Å². The second-order valence-electron chi connectivity index (χ2n) is 3.27. The van der Waals surface area contributed by atoms with E-state index in [0.29, 0.717) is 10.8 Å². The number of carboxylic acids is 1. The maximum Gasteiger partial charge on any atom is 0.338 e. The van der Waals surface area contributed by atoms with E-state index in [1.165, 1.54) is 0 Å². The summed E-state index contributed by atoms with van der Waals surface area (Å²) in [6.07, 6.45) is 3.26. The molecule has 0 saturated heterocycles. The molecule has 3 heteroatoms. The molecule has 3 nitrogen and oxygen atoms in total. The lowest BCUT2D eigenvalue weighted by atomic mass is 10.2. The third-order valence-corrected chi connectivity index (χ3v) is 2.49. The molecule has 0 fully saturated rings. The quantitative estimate of drug-likeness (QED) is 0.796. The van der Waals surface area contributed by atoms with Crippen molar-refractivity contribution in [3.63, 3.8) is 0 Å². The van der Waals surface area contributed by atoms with Crippen molar-refractivity contribution in [3.8, 4) is 0 Å². The molecule has 0 unspecified atom stereocenters. The van der Waals surface area contributed by atoms with Gasteiger partial charge in [0, 0.05) is 22.8 Å². The van der Waals surface area contributed by atoms with E-state index < -0.39 is 5.97 Å². The van der Waals surface area contributed by atoms with Crippen molar-refractivity contribution in [1.82, 2.24) is 4.57 Å². The molecule has 15 heavy (non-hydrogen) atoms. The number of rotatable bonds is 3. The molecule has 0 radical (unpaired) electrons. The van der Waals surface area contributed by atoms with Gasteiger partial charge in [-0.2, -0.15) is 0 Å². The Labute approximate surface area is 88.7 Å². The van der Waals surface area contributed by atoms with Gasteiger partial charge < -0.3 is 9.67 Å². The highest BCUT2D eigenvalue weighted by molar-refractivity contribution is 5.89. The van der Waals surface area contributed by atoms with E-state index in [4.69, 9.17) is 5.11 Å². The van der Waals surface area contributed by atoms with Crippen LogP contribution in [0.5, 0.6) is 0 Å². The number of allylic oxidation sites excluding steroid dienone is 1. The summed E-state index contributed by atoms with van der Waals surface area (Å²) in [7, 11) is 0. The molecule has 0 spiro atoms. The minimum Gasteiger partial charge on any atom is -0.478 e. The topological polar surface area (TPSA) is 42.2 Å². The third kappa shape index (κ3) is 1.73.